The summed E-state index contributed by atoms with van der Waals surface area (Å²) in [6.07, 6.45) is 0. The molecule has 24 heavy (non-hydrogen) atoms. The van der Waals surface area contributed by atoms with Gasteiger partial charge in [-0.3, -0.25) is 4.90 Å². The second-order valence-electron chi connectivity index (χ2n) is 6.20. The van der Waals surface area contributed by atoms with Crippen molar-refractivity contribution in [1.82, 2.24) is 14.9 Å². The molecule has 1 fully saturated rings. The summed E-state index contributed by atoms with van der Waals surface area (Å²) in [7, 11) is -3.63. The van der Waals surface area contributed by atoms with Crippen LogP contribution in [-0.2, 0) is 16.6 Å². The minimum Gasteiger partial charge on any atom is -0.369 e. The Labute approximate surface area is 142 Å². The van der Waals surface area contributed by atoms with Crippen molar-refractivity contribution >= 4 is 15.7 Å². The van der Waals surface area contributed by atoms with Gasteiger partial charge in [-0.25, -0.2) is 18.5 Å². The Morgan fingerprint density at radius 2 is 1.75 bits per heavy atom. The Morgan fingerprint density at radius 3 is 2.25 bits per heavy atom. The number of imidazole rings is 1. The fourth-order valence-corrected chi connectivity index (χ4v) is 3.55. The number of sulfonamides is 1. The minimum atomic E-state index is -3.63. The lowest BCUT2D eigenvalue weighted by molar-refractivity contribution is 0.247. The molecule has 1 aliphatic heterocycles. The van der Waals surface area contributed by atoms with Crippen LogP contribution in [-0.4, -0.2) is 49.5 Å². The van der Waals surface area contributed by atoms with Gasteiger partial charge in [-0.1, -0.05) is 0 Å². The molecule has 1 aromatic carbocycles. The number of piperazine rings is 1. The van der Waals surface area contributed by atoms with Gasteiger partial charge < -0.3 is 9.88 Å². The maximum absolute atomic E-state index is 11.3. The lowest BCUT2D eigenvalue weighted by Gasteiger charge is -2.36. The van der Waals surface area contributed by atoms with Gasteiger partial charge in [-0.05, 0) is 38.1 Å². The van der Waals surface area contributed by atoms with Crippen LogP contribution in [0.25, 0.3) is 0 Å². The summed E-state index contributed by atoms with van der Waals surface area (Å²) in [5.74, 6) is 0.955. The summed E-state index contributed by atoms with van der Waals surface area (Å²) >= 11 is 0. The summed E-state index contributed by atoms with van der Waals surface area (Å²) in [5.41, 5.74) is 3.26. The first-order valence-corrected chi connectivity index (χ1v) is 9.50. The fourth-order valence-electron chi connectivity index (χ4n) is 3.03. The predicted octanol–water partition coefficient (Wildman–Crippen LogP) is 0.996. The lowest BCUT2D eigenvalue weighted by Crippen LogP contribution is -2.46. The topological polar surface area (TPSA) is 95.3 Å². The molecule has 0 spiro atoms. The van der Waals surface area contributed by atoms with Crippen LogP contribution < -0.4 is 10.0 Å². The number of rotatable bonds is 4. The molecule has 2 aromatic rings. The molecule has 1 aliphatic rings. The van der Waals surface area contributed by atoms with E-state index < -0.39 is 10.0 Å². The number of benzene rings is 1. The summed E-state index contributed by atoms with van der Waals surface area (Å²) in [4.78, 5) is 12.6. The van der Waals surface area contributed by atoms with Gasteiger partial charge in [0.15, 0.2) is 0 Å². The second kappa shape index (κ2) is 6.54. The Balaban J connectivity index is 1.60. The van der Waals surface area contributed by atoms with Crippen molar-refractivity contribution in [3.8, 4) is 0 Å². The van der Waals surface area contributed by atoms with Crippen molar-refractivity contribution in [3.63, 3.8) is 0 Å². The van der Waals surface area contributed by atoms with E-state index in [1.54, 1.807) is 12.1 Å². The van der Waals surface area contributed by atoms with E-state index in [0.29, 0.717) is 0 Å². The molecule has 0 saturated carbocycles. The zero-order valence-electron chi connectivity index (χ0n) is 14.0. The molecule has 0 atom stereocenters. The number of primary sulfonamides is 1. The first kappa shape index (κ1) is 16.9. The summed E-state index contributed by atoms with van der Waals surface area (Å²) in [5, 5.41) is 5.13. The second-order valence-corrected chi connectivity index (χ2v) is 7.76. The molecule has 3 N–H and O–H groups in total. The maximum atomic E-state index is 11.3. The van der Waals surface area contributed by atoms with Crippen molar-refractivity contribution in [1.29, 1.82) is 0 Å². The average molecular weight is 349 g/mol. The quantitative estimate of drug-likeness (QED) is 0.858. The number of hydrogen-bond acceptors (Lipinski definition) is 5. The molecule has 0 amide bonds. The minimum absolute atomic E-state index is 0.147. The van der Waals surface area contributed by atoms with Crippen LogP contribution in [0, 0.1) is 13.8 Å². The zero-order chi connectivity index (χ0) is 17.3. The molecule has 0 aliphatic carbocycles. The molecule has 7 nitrogen and oxygen atoms in total. The molecule has 3 rings (SSSR count). The SMILES string of the molecule is Cc1nc(CN2CCN(c3ccc(S(N)(=O)=O)cc3)CC2)c(C)[nH]1. The first-order valence-electron chi connectivity index (χ1n) is 7.95. The standard InChI is InChI=1S/C16H23N5O2S/c1-12-16(19-13(2)18-12)11-20-7-9-21(10-8-20)14-3-5-15(6-4-14)24(17,22)23/h3-6H,7-11H2,1-2H3,(H,18,19)(H2,17,22,23). The van der Waals surface area contributed by atoms with Crippen molar-refractivity contribution in [2.75, 3.05) is 31.1 Å². The fraction of sp³-hybridized carbons (Fsp3) is 0.438. The van der Waals surface area contributed by atoms with Gasteiger partial charge in [0, 0.05) is 44.1 Å². The van der Waals surface area contributed by atoms with E-state index in [1.807, 2.05) is 19.1 Å². The Morgan fingerprint density at radius 1 is 1.12 bits per heavy atom. The molecule has 1 aromatic heterocycles. The number of aryl methyl sites for hydroxylation is 2. The van der Waals surface area contributed by atoms with Crippen molar-refractivity contribution in [3.05, 3.63) is 41.5 Å². The average Bonchev–Trinajstić information content (AvgIpc) is 2.85. The normalized spacial score (nSPS) is 16.5. The van der Waals surface area contributed by atoms with E-state index in [4.69, 9.17) is 5.14 Å². The van der Waals surface area contributed by atoms with E-state index >= 15 is 0 Å². The molecule has 0 bridgehead atoms. The van der Waals surface area contributed by atoms with Crippen molar-refractivity contribution < 1.29 is 8.42 Å². The zero-order valence-corrected chi connectivity index (χ0v) is 14.8. The van der Waals surface area contributed by atoms with E-state index in [9.17, 15) is 8.42 Å². The first-order chi connectivity index (χ1) is 11.3. The third-order valence-electron chi connectivity index (χ3n) is 4.38. The van der Waals surface area contributed by atoms with Crippen LogP contribution in [0.2, 0.25) is 0 Å². The molecular weight excluding hydrogens is 326 g/mol. The highest BCUT2D eigenvalue weighted by atomic mass is 32.2. The number of aromatic nitrogens is 2. The van der Waals surface area contributed by atoms with Crippen LogP contribution in [0.5, 0.6) is 0 Å². The summed E-state index contributed by atoms with van der Waals surface area (Å²) < 4.78 is 22.6. The van der Waals surface area contributed by atoms with Gasteiger partial charge in [0.25, 0.3) is 0 Å². The van der Waals surface area contributed by atoms with E-state index in [2.05, 4.69) is 26.7 Å². The highest BCUT2D eigenvalue weighted by molar-refractivity contribution is 7.89. The molecule has 1 saturated heterocycles. The number of aromatic amines is 1. The van der Waals surface area contributed by atoms with Gasteiger partial charge in [0.2, 0.25) is 10.0 Å². The third kappa shape index (κ3) is 3.77. The van der Waals surface area contributed by atoms with Gasteiger partial charge in [-0.15, -0.1) is 0 Å². The van der Waals surface area contributed by atoms with E-state index in [0.717, 1.165) is 55.6 Å². The molecule has 2 heterocycles. The Kier molecular flexibility index (Phi) is 4.62. The van der Waals surface area contributed by atoms with E-state index in [1.165, 1.54) is 0 Å². The molecular formula is C16H23N5O2S. The largest absolute Gasteiger partial charge is 0.369 e. The number of nitrogens with two attached hydrogens (primary N) is 1. The number of anilines is 1. The number of H-pyrrole nitrogens is 1. The van der Waals surface area contributed by atoms with Gasteiger partial charge >= 0.3 is 0 Å². The van der Waals surface area contributed by atoms with Crippen LogP contribution in [0.3, 0.4) is 0 Å². The monoisotopic (exact) mass is 349 g/mol. The Hall–Kier alpha value is -1.90. The molecule has 130 valence electrons. The van der Waals surface area contributed by atoms with Crippen molar-refractivity contribution in [2.45, 2.75) is 25.3 Å². The van der Waals surface area contributed by atoms with Crippen LogP contribution in [0.1, 0.15) is 17.2 Å². The molecule has 8 heteroatoms. The highest BCUT2D eigenvalue weighted by Crippen LogP contribution is 2.20. The number of hydrogen-bond donors (Lipinski definition) is 2. The van der Waals surface area contributed by atoms with Crippen LogP contribution in [0.4, 0.5) is 5.69 Å². The molecule has 0 radical (unpaired) electrons. The summed E-state index contributed by atoms with van der Waals surface area (Å²) in [6.45, 7) is 8.57. The van der Waals surface area contributed by atoms with E-state index in [-0.39, 0.29) is 4.90 Å². The van der Waals surface area contributed by atoms with Crippen molar-refractivity contribution in [2.24, 2.45) is 5.14 Å². The van der Waals surface area contributed by atoms with Gasteiger partial charge in [0.05, 0.1) is 10.6 Å². The van der Waals surface area contributed by atoms with Crippen LogP contribution in [0.15, 0.2) is 29.2 Å². The van der Waals surface area contributed by atoms with Gasteiger partial charge in [0.1, 0.15) is 5.82 Å². The van der Waals surface area contributed by atoms with Crippen LogP contribution >= 0.6 is 0 Å². The third-order valence-corrected chi connectivity index (χ3v) is 5.31. The van der Waals surface area contributed by atoms with Gasteiger partial charge in [-0.2, -0.15) is 0 Å². The lowest BCUT2D eigenvalue weighted by atomic mass is 10.2. The maximum Gasteiger partial charge on any atom is 0.238 e. The predicted molar refractivity (Wildman–Crippen MR) is 93.4 cm³/mol. The molecule has 0 unspecified atom stereocenters. The smallest absolute Gasteiger partial charge is 0.238 e. The summed E-state index contributed by atoms with van der Waals surface area (Å²) in [6, 6.07) is 6.76. The number of nitrogens with one attached hydrogen (secondary N) is 1. The highest BCUT2D eigenvalue weighted by Gasteiger charge is 2.19. The Bertz CT molecular complexity index is 805. The number of nitrogens with zero attached hydrogens (tertiary/aromatic N) is 3.